The zero-order valence-corrected chi connectivity index (χ0v) is 18.4. The second-order valence-electron chi connectivity index (χ2n) is 7.95. The lowest BCUT2D eigenvalue weighted by molar-refractivity contribution is -0.291. The van der Waals surface area contributed by atoms with E-state index in [2.05, 4.69) is 0 Å². The summed E-state index contributed by atoms with van der Waals surface area (Å²) in [5.41, 5.74) is -0.451. The van der Waals surface area contributed by atoms with E-state index >= 15 is 0 Å². The first-order valence-corrected chi connectivity index (χ1v) is 11.5. The Labute approximate surface area is 192 Å². The van der Waals surface area contributed by atoms with Gasteiger partial charge in [-0.2, -0.15) is 22.0 Å². The molecule has 34 heavy (non-hydrogen) atoms. The van der Waals surface area contributed by atoms with Crippen LogP contribution >= 0.6 is 0 Å². The van der Waals surface area contributed by atoms with Gasteiger partial charge in [-0.3, -0.25) is 9.10 Å². The van der Waals surface area contributed by atoms with Gasteiger partial charge in [0.15, 0.2) is 5.78 Å². The van der Waals surface area contributed by atoms with Gasteiger partial charge in [-0.25, -0.2) is 8.42 Å². The zero-order chi connectivity index (χ0) is 24.9. The van der Waals surface area contributed by atoms with Gasteiger partial charge in [-0.05, 0) is 30.7 Å². The lowest BCUT2D eigenvalue weighted by Gasteiger charge is -2.33. The van der Waals surface area contributed by atoms with E-state index in [9.17, 15) is 35.2 Å². The number of benzene rings is 3. The summed E-state index contributed by atoms with van der Waals surface area (Å²) in [6.07, 6.45) is -6.02. The first-order chi connectivity index (χ1) is 15.9. The maximum absolute atomic E-state index is 15.0. The number of sulfonamides is 1. The van der Waals surface area contributed by atoms with Crippen LogP contribution < -0.4 is 4.31 Å². The molecule has 3 aromatic carbocycles. The van der Waals surface area contributed by atoms with Crippen molar-refractivity contribution in [2.24, 2.45) is 0 Å². The van der Waals surface area contributed by atoms with E-state index in [0.29, 0.717) is 9.87 Å². The maximum atomic E-state index is 15.0. The van der Waals surface area contributed by atoms with E-state index in [-0.39, 0.29) is 10.5 Å². The number of aryl methyl sites for hydroxylation is 1. The number of fused-ring (bicyclic) bond motifs is 1. The molecule has 0 amide bonds. The van der Waals surface area contributed by atoms with Gasteiger partial charge in [0.1, 0.15) is 6.04 Å². The summed E-state index contributed by atoms with van der Waals surface area (Å²) in [4.78, 5) is 13.1. The van der Waals surface area contributed by atoms with E-state index in [1.165, 1.54) is 66.7 Å². The molecule has 0 saturated carbocycles. The number of anilines is 1. The van der Waals surface area contributed by atoms with Gasteiger partial charge in [0.2, 0.25) is 0 Å². The zero-order valence-electron chi connectivity index (χ0n) is 17.6. The molecule has 0 spiro atoms. The molecular formula is C24H18F5NO3S. The summed E-state index contributed by atoms with van der Waals surface area (Å²) in [7, 11) is -4.70. The van der Waals surface area contributed by atoms with Gasteiger partial charge in [-0.1, -0.05) is 66.2 Å². The highest BCUT2D eigenvalue weighted by atomic mass is 32.2. The number of para-hydroxylation sites is 1. The van der Waals surface area contributed by atoms with Crippen molar-refractivity contribution in [3.05, 3.63) is 95.6 Å². The molecule has 1 aliphatic rings. The Hall–Kier alpha value is -3.27. The van der Waals surface area contributed by atoms with E-state index < -0.39 is 51.1 Å². The quantitative estimate of drug-likeness (QED) is 0.335. The van der Waals surface area contributed by atoms with Crippen LogP contribution in [0.3, 0.4) is 0 Å². The largest absolute Gasteiger partial charge is 0.454 e. The highest BCUT2D eigenvalue weighted by molar-refractivity contribution is 7.93. The minimum atomic E-state index is -6.02. The fourth-order valence-electron chi connectivity index (χ4n) is 4.11. The van der Waals surface area contributed by atoms with Crippen molar-refractivity contribution < 1.29 is 35.2 Å². The van der Waals surface area contributed by atoms with Gasteiger partial charge in [0.25, 0.3) is 10.0 Å². The van der Waals surface area contributed by atoms with Crippen molar-refractivity contribution >= 4 is 21.5 Å². The normalized spacial score (nSPS) is 18.6. The van der Waals surface area contributed by atoms with Crippen molar-refractivity contribution in [1.82, 2.24) is 0 Å². The van der Waals surface area contributed by atoms with Crippen molar-refractivity contribution in [2.45, 2.75) is 35.9 Å². The number of Topliss-reactive ketones (excluding diaryl/α,β-unsaturated/α-hetero) is 1. The van der Waals surface area contributed by atoms with Crippen molar-refractivity contribution in [3.8, 4) is 0 Å². The number of ketones is 1. The Balaban J connectivity index is 2.00. The van der Waals surface area contributed by atoms with Crippen LogP contribution in [0.25, 0.3) is 0 Å². The molecule has 4 nitrogen and oxygen atoms in total. The average molecular weight is 495 g/mol. The van der Waals surface area contributed by atoms with Gasteiger partial charge in [0, 0.05) is 5.56 Å². The van der Waals surface area contributed by atoms with Crippen LogP contribution in [0.2, 0.25) is 0 Å². The smallest absolute Gasteiger partial charge is 0.292 e. The SMILES string of the molecule is Cc1ccc(S(=O)(=O)N2c3ccccc3[C@@H](C(F)(F)C(F)(F)F)[C@@H]2C(=O)c2ccccc2)cc1. The van der Waals surface area contributed by atoms with Crippen LogP contribution in [-0.4, -0.2) is 32.3 Å². The fourth-order valence-corrected chi connectivity index (χ4v) is 5.76. The molecule has 0 radical (unpaired) electrons. The number of alkyl halides is 5. The molecule has 1 heterocycles. The summed E-state index contributed by atoms with van der Waals surface area (Å²) in [6, 6.07) is 14.5. The van der Waals surface area contributed by atoms with Crippen LogP contribution in [0.5, 0.6) is 0 Å². The van der Waals surface area contributed by atoms with Crippen LogP contribution in [0.4, 0.5) is 27.6 Å². The summed E-state index contributed by atoms with van der Waals surface area (Å²) < 4.78 is 98.3. The Morgan fingerprint density at radius 3 is 1.97 bits per heavy atom. The topological polar surface area (TPSA) is 54.5 Å². The number of rotatable bonds is 5. The molecule has 178 valence electrons. The van der Waals surface area contributed by atoms with Crippen LogP contribution in [0.15, 0.2) is 83.8 Å². The number of carbonyl (C=O) groups excluding carboxylic acids is 1. The molecule has 0 unspecified atom stereocenters. The minimum Gasteiger partial charge on any atom is -0.292 e. The molecule has 0 saturated heterocycles. The van der Waals surface area contributed by atoms with Crippen LogP contribution in [0, 0.1) is 6.92 Å². The summed E-state index contributed by atoms with van der Waals surface area (Å²) in [5, 5.41) is 0. The maximum Gasteiger partial charge on any atom is 0.454 e. The average Bonchev–Trinajstić information content (AvgIpc) is 3.15. The lowest BCUT2D eigenvalue weighted by Crippen LogP contribution is -2.53. The first-order valence-electron chi connectivity index (χ1n) is 10.1. The standard InChI is InChI=1S/C24H18F5NO3S/c1-15-11-13-17(14-12-15)34(32,33)30-19-10-6-5-9-18(19)20(23(25,26)24(27,28)29)21(30)22(31)16-7-3-2-4-8-16/h2-14,20-21H,1H3/t20-,21-/m1/s1. The number of nitrogens with zero attached hydrogens (tertiary/aromatic N) is 1. The van der Waals surface area contributed by atoms with E-state index in [1.807, 2.05) is 0 Å². The third kappa shape index (κ3) is 3.75. The van der Waals surface area contributed by atoms with Crippen molar-refractivity contribution in [2.75, 3.05) is 4.31 Å². The number of hydrogen-bond acceptors (Lipinski definition) is 3. The molecule has 0 fully saturated rings. The van der Waals surface area contributed by atoms with E-state index in [1.54, 1.807) is 6.92 Å². The monoisotopic (exact) mass is 495 g/mol. The molecule has 0 aliphatic carbocycles. The third-order valence-electron chi connectivity index (χ3n) is 5.75. The van der Waals surface area contributed by atoms with Gasteiger partial charge in [0.05, 0.1) is 16.5 Å². The molecule has 1 aliphatic heterocycles. The van der Waals surface area contributed by atoms with E-state index in [0.717, 1.165) is 12.1 Å². The number of halogens is 5. The highest BCUT2D eigenvalue weighted by Gasteiger charge is 2.69. The second-order valence-corrected chi connectivity index (χ2v) is 9.76. The molecule has 0 bridgehead atoms. The Morgan fingerprint density at radius 1 is 0.824 bits per heavy atom. The number of hydrogen-bond donors (Lipinski definition) is 0. The Morgan fingerprint density at radius 2 is 1.38 bits per heavy atom. The molecular weight excluding hydrogens is 477 g/mol. The fraction of sp³-hybridized carbons (Fsp3) is 0.208. The summed E-state index contributed by atoms with van der Waals surface area (Å²) in [5.74, 6) is -9.34. The first kappa shape index (κ1) is 23.9. The molecule has 4 rings (SSSR count). The highest BCUT2D eigenvalue weighted by Crippen LogP contribution is 2.56. The lowest BCUT2D eigenvalue weighted by atomic mass is 9.84. The predicted molar refractivity (Wildman–Crippen MR) is 116 cm³/mol. The van der Waals surface area contributed by atoms with Crippen LogP contribution in [0.1, 0.15) is 27.4 Å². The van der Waals surface area contributed by atoms with Crippen molar-refractivity contribution in [3.63, 3.8) is 0 Å². The van der Waals surface area contributed by atoms with Crippen LogP contribution in [-0.2, 0) is 10.0 Å². The molecule has 3 aromatic rings. The molecule has 0 N–H and O–H groups in total. The van der Waals surface area contributed by atoms with Gasteiger partial charge < -0.3 is 0 Å². The van der Waals surface area contributed by atoms with Gasteiger partial charge >= 0.3 is 12.1 Å². The van der Waals surface area contributed by atoms with E-state index in [4.69, 9.17) is 0 Å². The Kier molecular flexibility index (Phi) is 5.75. The third-order valence-corrected chi connectivity index (χ3v) is 7.56. The minimum absolute atomic E-state index is 0.188. The second kappa shape index (κ2) is 8.19. The van der Waals surface area contributed by atoms with Crippen molar-refractivity contribution in [1.29, 1.82) is 0 Å². The molecule has 0 aromatic heterocycles. The number of carbonyl (C=O) groups is 1. The summed E-state index contributed by atoms with van der Waals surface area (Å²) >= 11 is 0. The van der Waals surface area contributed by atoms with Gasteiger partial charge in [-0.15, -0.1) is 0 Å². The Bertz CT molecular complexity index is 1320. The predicted octanol–water partition coefficient (Wildman–Crippen LogP) is 5.74. The molecule has 2 atom stereocenters. The summed E-state index contributed by atoms with van der Waals surface area (Å²) in [6.45, 7) is 1.70. The molecule has 10 heteroatoms.